The summed E-state index contributed by atoms with van der Waals surface area (Å²) in [5, 5.41) is 3.28. The molecule has 0 atom stereocenters. The average Bonchev–Trinajstić information content (AvgIpc) is 2.39. The number of aromatic nitrogens is 2. The molecule has 1 aromatic carbocycles. The van der Waals surface area contributed by atoms with Crippen molar-refractivity contribution in [3.05, 3.63) is 47.5 Å². The summed E-state index contributed by atoms with van der Waals surface area (Å²) < 4.78 is 12.8. The normalized spacial score (nSPS) is 14.4. The minimum Gasteiger partial charge on any atom is -0.311 e. The van der Waals surface area contributed by atoms with Gasteiger partial charge in [0, 0.05) is 18.3 Å². The minimum atomic E-state index is -0.242. The largest absolute Gasteiger partial charge is 0.311 e. The molecule has 0 unspecified atom stereocenters. The molecule has 0 bridgehead atoms. The Morgan fingerprint density at radius 1 is 1.18 bits per heavy atom. The Hall–Kier alpha value is -1.81. The van der Waals surface area contributed by atoms with Crippen LogP contribution in [0.4, 0.5) is 4.39 Å². The third kappa shape index (κ3) is 2.03. The van der Waals surface area contributed by atoms with Crippen molar-refractivity contribution in [3.8, 4) is 11.4 Å². The second kappa shape index (κ2) is 4.22. The number of rotatable bonds is 1. The first-order chi connectivity index (χ1) is 8.33. The Balaban J connectivity index is 2.01. The molecule has 2 heterocycles. The fourth-order valence-corrected chi connectivity index (χ4v) is 1.97. The Labute approximate surface area is 98.7 Å². The van der Waals surface area contributed by atoms with E-state index in [9.17, 15) is 4.39 Å². The lowest BCUT2D eigenvalue weighted by atomic mass is 10.1. The monoisotopic (exact) mass is 229 g/mol. The molecule has 0 spiro atoms. The molecule has 17 heavy (non-hydrogen) atoms. The zero-order valence-electron chi connectivity index (χ0n) is 9.28. The van der Waals surface area contributed by atoms with Gasteiger partial charge in [-0.3, -0.25) is 0 Å². The van der Waals surface area contributed by atoms with E-state index in [1.54, 1.807) is 12.1 Å². The standard InChI is InChI=1S/C13H12FN3/c14-11-3-1-9(2-4-11)13-16-7-10-5-6-15-8-12(10)17-13/h1-4,7,15H,5-6,8H2. The first-order valence-corrected chi connectivity index (χ1v) is 5.64. The van der Waals surface area contributed by atoms with Crippen LogP contribution in [0.2, 0.25) is 0 Å². The van der Waals surface area contributed by atoms with E-state index in [1.807, 2.05) is 6.20 Å². The summed E-state index contributed by atoms with van der Waals surface area (Å²) in [7, 11) is 0. The summed E-state index contributed by atoms with van der Waals surface area (Å²) in [6.45, 7) is 1.76. The summed E-state index contributed by atoms with van der Waals surface area (Å²) in [6.07, 6.45) is 2.85. The molecule has 1 aliphatic heterocycles. The van der Waals surface area contributed by atoms with Crippen LogP contribution in [0.25, 0.3) is 11.4 Å². The molecule has 2 aromatic rings. The zero-order chi connectivity index (χ0) is 11.7. The highest BCUT2D eigenvalue weighted by molar-refractivity contribution is 5.54. The molecule has 4 heteroatoms. The van der Waals surface area contributed by atoms with Gasteiger partial charge in [-0.15, -0.1) is 0 Å². The molecule has 0 saturated carbocycles. The van der Waals surface area contributed by atoms with Crippen LogP contribution in [0.5, 0.6) is 0 Å². The van der Waals surface area contributed by atoms with E-state index in [0.29, 0.717) is 5.82 Å². The van der Waals surface area contributed by atoms with Gasteiger partial charge in [0.2, 0.25) is 0 Å². The van der Waals surface area contributed by atoms with E-state index in [4.69, 9.17) is 0 Å². The van der Waals surface area contributed by atoms with Gasteiger partial charge in [0.15, 0.2) is 5.82 Å². The van der Waals surface area contributed by atoms with Crippen LogP contribution in [0.1, 0.15) is 11.3 Å². The van der Waals surface area contributed by atoms with Crippen molar-refractivity contribution in [1.82, 2.24) is 15.3 Å². The topological polar surface area (TPSA) is 37.8 Å². The van der Waals surface area contributed by atoms with Crippen molar-refractivity contribution in [2.45, 2.75) is 13.0 Å². The van der Waals surface area contributed by atoms with Gasteiger partial charge in [0.1, 0.15) is 5.82 Å². The van der Waals surface area contributed by atoms with E-state index in [0.717, 1.165) is 30.8 Å². The fraction of sp³-hybridized carbons (Fsp3) is 0.231. The fourth-order valence-electron chi connectivity index (χ4n) is 1.97. The van der Waals surface area contributed by atoms with Crippen LogP contribution in [0.3, 0.4) is 0 Å². The summed E-state index contributed by atoms with van der Waals surface area (Å²) in [4.78, 5) is 8.85. The third-order valence-corrected chi connectivity index (χ3v) is 2.92. The lowest BCUT2D eigenvalue weighted by Crippen LogP contribution is -2.25. The molecule has 1 N–H and O–H groups in total. The minimum absolute atomic E-state index is 0.242. The molecule has 1 aromatic heterocycles. The first kappa shape index (κ1) is 10.4. The van der Waals surface area contributed by atoms with Crippen LogP contribution in [-0.2, 0) is 13.0 Å². The number of nitrogens with one attached hydrogen (secondary N) is 1. The van der Waals surface area contributed by atoms with E-state index in [-0.39, 0.29) is 5.82 Å². The molecule has 0 aliphatic carbocycles. The van der Waals surface area contributed by atoms with Crippen molar-refractivity contribution in [2.24, 2.45) is 0 Å². The first-order valence-electron chi connectivity index (χ1n) is 5.64. The molecule has 3 nitrogen and oxygen atoms in total. The highest BCUT2D eigenvalue weighted by Crippen LogP contribution is 2.18. The maximum Gasteiger partial charge on any atom is 0.159 e. The number of halogens is 1. The third-order valence-electron chi connectivity index (χ3n) is 2.92. The lowest BCUT2D eigenvalue weighted by molar-refractivity contribution is 0.623. The van der Waals surface area contributed by atoms with Gasteiger partial charge < -0.3 is 5.32 Å². The molecular weight excluding hydrogens is 217 g/mol. The zero-order valence-corrected chi connectivity index (χ0v) is 9.28. The summed E-state index contributed by atoms with van der Waals surface area (Å²) >= 11 is 0. The maximum absolute atomic E-state index is 12.8. The van der Waals surface area contributed by atoms with Crippen molar-refractivity contribution in [1.29, 1.82) is 0 Å². The molecular formula is C13H12FN3. The molecule has 0 amide bonds. The van der Waals surface area contributed by atoms with Crippen LogP contribution in [-0.4, -0.2) is 16.5 Å². The summed E-state index contributed by atoms with van der Waals surface area (Å²) in [6, 6.07) is 6.26. The number of nitrogens with zero attached hydrogens (tertiary/aromatic N) is 2. The molecule has 0 radical (unpaired) electrons. The maximum atomic E-state index is 12.8. The van der Waals surface area contributed by atoms with Crippen molar-refractivity contribution < 1.29 is 4.39 Å². The van der Waals surface area contributed by atoms with Gasteiger partial charge >= 0.3 is 0 Å². The number of benzene rings is 1. The Bertz CT molecular complexity index is 537. The quantitative estimate of drug-likeness (QED) is 0.812. The molecule has 86 valence electrons. The van der Waals surface area contributed by atoms with E-state index in [2.05, 4.69) is 15.3 Å². The van der Waals surface area contributed by atoms with Gasteiger partial charge in [-0.2, -0.15) is 0 Å². The van der Waals surface area contributed by atoms with Crippen LogP contribution in [0, 0.1) is 5.82 Å². The number of hydrogen-bond acceptors (Lipinski definition) is 3. The van der Waals surface area contributed by atoms with Gasteiger partial charge in [-0.05, 0) is 42.8 Å². The molecule has 0 saturated heterocycles. The van der Waals surface area contributed by atoms with Gasteiger partial charge in [-0.1, -0.05) is 0 Å². The predicted molar refractivity (Wildman–Crippen MR) is 62.8 cm³/mol. The average molecular weight is 229 g/mol. The second-order valence-electron chi connectivity index (χ2n) is 4.10. The summed E-state index contributed by atoms with van der Waals surface area (Å²) in [5.74, 6) is 0.417. The van der Waals surface area contributed by atoms with Crippen molar-refractivity contribution in [2.75, 3.05) is 6.54 Å². The summed E-state index contributed by atoms with van der Waals surface area (Å²) in [5.41, 5.74) is 3.10. The predicted octanol–water partition coefficient (Wildman–Crippen LogP) is 1.93. The smallest absolute Gasteiger partial charge is 0.159 e. The van der Waals surface area contributed by atoms with Crippen LogP contribution in [0.15, 0.2) is 30.5 Å². The van der Waals surface area contributed by atoms with E-state index in [1.165, 1.54) is 17.7 Å². The van der Waals surface area contributed by atoms with Gasteiger partial charge in [-0.25, -0.2) is 14.4 Å². The van der Waals surface area contributed by atoms with Crippen LogP contribution >= 0.6 is 0 Å². The highest BCUT2D eigenvalue weighted by atomic mass is 19.1. The molecule has 0 fully saturated rings. The highest BCUT2D eigenvalue weighted by Gasteiger charge is 2.12. The Morgan fingerprint density at radius 3 is 2.82 bits per heavy atom. The van der Waals surface area contributed by atoms with Gasteiger partial charge in [0.05, 0.1) is 5.69 Å². The van der Waals surface area contributed by atoms with Crippen LogP contribution < -0.4 is 5.32 Å². The lowest BCUT2D eigenvalue weighted by Gasteiger charge is -2.16. The second-order valence-corrected chi connectivity index (χ2v) is 4.10. The Morgan fingerprint density at radius 2 is 2.00 bits per heavy atom. The Kier molecular flexibility index (Phi) is 2.57. The SMILES string of the molecule is Fc1ccc(-c2ncc3c(n2)CNCC3)cc1. The van der Waals surface area contributed by atoms with E-state index >= 15 is 0 Å². The molecule has 1 aliphatic rings. The van der Waals surface area contributed by atoms with E-state index < -0.39 is 0 Å². The van der Waals surface area contributed by atoms with Crippen molar-refractivity contribution in [3.63, 3.8) is 0 Å². The van der Waals surface area contributed by atoms with Crippen molar-refractivity contribution >= 4 is 0 Å². The molecule has 3 rings (SSSR count). The number of hydrogen-bond donors (Lipinski definition) is 1. The van der Waals surface area contributed by atoms with Gasteiger partial charge in [0.25, 0.3) is 0 Å². The number of fused-ring (bicyclic) bond motifs is 1.